The minimum absolute atomic E-state index is 0.102. The number of nitrogens with zero attached hydrogens (tertiary/aromatic N) is 2. The van der Waals surface area contributed by atoms with Crippen molar-refractivity contribution in [1.29, 1.82) is 0 Å². The van der Waals surface area contributed by atoms with Crippen molar-refractivity contribution in [3.8, 4) is 5.75 Å². The van der Waals surface area contributed by atoms with Gasteiger partial charge in [-0.3, -0.25) is 4.79 Å². The Morgan fingerprint density at radius 1 is 0.838 bits per heavy atom. The summed E-state index contributed by atoms with van der Waals surface area (Å²) >= 11 is 0. The third-order valence-corrected chi connectivity index (χ3v) is 5.88. The number of hydrogen-bond donors (Lipinski definition) is 2. The zero-order chi connectivity index (χ0) is 26.9. The maximum Gasteiger partial charge on any atom is 0.251 e. The number of nitrogens with one attached hydrogen (secondary N) is 1. The second kappa shape index (κ2) is 17.6. The molecule has 2 aromatic rings. The van der Waals surface area contributed by atoms with E-state index < -0.39 is 0 Å². The van der Waals surface area contributed by atoms with Crippen LogP contribution >= 0.6 is 0 Å². The molecule has 7 nitrogen and oxygen atoms in total. The third-order valence-electron chi connectivity index (χ3n) is 5.88. The van der Waals surface area contributed by atoms with E-state index in [4.69, 9.17) is 9.47 Å². The summed E-state index contributed by atoms with van der Waals surface area (Å²) in [5, 5.41) is 21.5. The van der Waals surface area contributed by atoms with Crippen LogP contribution in [0.1, 0.15) is 75.7 Å². The van der Waals surface area contributed by atoms with E-state index >= 15 is 0 Å². The van der Waals surface area contributed by atoms with Gasteiger partial charge in [-0.05, 0) is 85.9 Å². The molecule has 0 unspecified atom stereocenters. The Balaban J connectivity index is 1.67. The lowest BCUT2D eigenvalue weighted by Crippen LogP contribution is -2.25. The number of carbonyl (C=O) groups excluding carboxylic acids is 1. The number of benzene rings is 2. The molecule has 0 aliphatic carbocycles. The van der Waals surface area contributed by atoms with Gasteiger partial charge in [0.15, 0.2) is 0 Å². The van der Waals surface area contributed by atoms with Crippen molar-refractivity contribution in [3.05, 3.63) is 53.6 Å². The Kier molecular flexibility index (Phi) is 14.5. The zero-order valence-corrected chi connectivity index (χ0v) is 23.0. The molecule has 2 aromatic carbocycles. The molecule has 0 heterocycles. The van der Waals surface area contributed by atoms with E-state index in [1.807, 2.05) is 12.1 Å². The van der Waals surface area contributed by atoms with Gasteiger partial charge in [0.25, 0.3) is 5.91 Å². The Morgan fingerprint density at radius 3 is 2.16 bits per heavy atom. The highest BCUT2D eigenvalue weighted by molar-refractivity contribution is 5.94. The highest BCUT2D eigenvalue weighted by Gasteiger charge is 2.06. The van der Waals surface area contributed by atoms with E-state index in [9.17, 15) is 9.90 Å². The minimum atomic E-state index is -0.135. The van der Waals surface area contributed by atoms with Crippen LogP contribution in [0.15, 0.2) is 52.7 Å². The Hall–Kier alpha value is -2.77. The summed E-state index contributed by atoms with van der Waals surface area (Å²) in [6.07, 6.45) is 6.23. The van der Waals surface area contributed by atoms with Crippen molar-refractivity contribution in [2.45, 2.75) is 66.2 Å². The molecule has 0 bridgehead atoms. The van der Waals surface area contributed by atoms with Crippen molar-refractivity contribution >= 4 is 17.3 Å². The van der Waals surface area contributed by atoms with Gasteiger partial charge in [0.05, 0.1) is 18.9 Å². The summed E-state index contributed by atoms with van der Waals surface area (Å²) in [5.41, 5.74) is 2.75. The first-order valence-corrected chi connectivity index (χ1v) is 13.6. The molecule has 1 amide bonds. The first-order valence-electron chi connectivity index (χ1n) is 13.6. The van der Waals surface area contributed by atoms with E-state index in [1.165, 1.54) is 12.8 Å². The lowest BCUT2D eigenvalue weighted by atomic mass is 10.0. The summed E-state index contributed by atoms with van der Waals surface area (Å²) in [6, 6.07) is 12.4. The van der Waals surface area contributed by atoms with Crippen LogP contribution in [0.2, 0.25) is 0 Å². The highest BCUT2D eigenvalue weighted by atomic mass is 16.5. The monoisotopic (exact) mass is 511 g/mol. The molecular formula is C30H45N3O4. The number of aryl methyl sites for hydroxylation is 1. The number of amides is 1. The fraction of sp³-hybridized carbons (Fsp3) is 0.567. The predicted molar refractivity (Wildman–Crippen MR) is 149 cm³/mol. The predicted octanol–water partition coefficient (Wildman–Crippen LogP) is 7.38. The number of azo groups is 1. The van der Waals surface area contributed by atoms with Gasteiger partial charge in [-0.2, -0.15) is 5.11 Å². The van der Waals surface area contributed by atoms with Crippen molar-refractivity contribution in [1.82, 2.24) is 5.32 Å². The van der Waals surface area contributed by atoms with Gasteiger partial charge >= 0.3 is 0 Å². The lowest BCUT2D eigenvalue weighted by Gasteiger charge is -2.08. The fourth-order valence-corrected chi connectivity index (χ4v) is 3.70. The smallest absolute Gasteiger partial charge is 0.251 e. The molecule has 37 heavy (non-hydrogen) atoms. The Labute approximate surface area is 222 Å². The van der Waals surface area contributed by atoms with Crippen LogP contribution in [0.25, 0.3) is 0 Å². The molecule has 0 saturated carbocycles. The van der Waals surface area contributed by atoms with Crippen LogP contribution in [0.4, 0.5) is 11.4 Å². The van der Waals surface area contributed by atoms with Crippen molar-refractivity contribution in [2.24, 2.45) is 22.1 Å². The molecule has 2 N–H and O–H groups in total. The van der Waals surface area contributed by atoms with Crippen molar-refractivity contribution < 1.29 is 19.4 Å². The minimum Gasteiger partial charge on any atom is -0.506 e. The molecule has 0 aliphatic rings. The molecule has 0 saturated heterocycles. The molecule has 0 atom stereocenters. The molecule has 0 aliphatic heterocycles. The van der Waals surface area contributed by atoms with Crippen LogP contribution in [0.3, 0.4) is 0 Å². The molecule has 7 heteroatoms. The maximum atomic E-state index is 12.4. The largest absolute Gasteiger partial charge is 0.506 e. The van der Waals surface area contributed by atoms with E-state index in [2.05, 4.69) is 43.2 Å². The average Bonchev–Trinajstić information content (AvgIpc) is 2.87. The SMILES string of the molecule is CC(C)CCCOCCOCCCNC(=O)c1ccc(N=Nc2cc(CCCC(C)C)ccc2O)cc1. The first-order chi connectivity index (χ1) is 17.8. The molecule has 0 spiro atoms. The zero-order valence-electron chi connectivity index (χ0n) is 23.0. The topological polar surface area (TPSA) is 92.5 Å². The number of phenolic OH excluding ortho intramolecular Hbond substituents is 1. The second-order valence-electron chi connectivity index (χ2n) is 10.2. The molecule has 2 rings (SSSR count). The van der Waals surface area contributed by atoms with E-state index in [0.29, 0.717) is 55.1 Å². The van der Waals surface area contributed by atoms with E-state index in [1.54, 1.807) is 30.3 Å². The van der Waals surface area contributed by atoms with Crippen LogP contribution in [0, 0.1) is 11.8 Å². The molecular weight excluding hydrogens is 466 g/mol. The number of phenols is 1. The van der Waals surface area contributed by atoms with Crippen LogP contribution in [-0.4, -0.2) is 44.0 Å². The molecule has 0 aromatic heterocycles. The van der Waals surface area contributed by atoms with Gasteiger partial charge in [0.2, 0.25) is 0 Å². The van der Waals surface area contributed by atoms with E-state index in [-0.39, 0.29) is 11.7 Å². The number of rotatable bonds is 18. The fourth-order valence-electron chi connectivity index (χ4n) is 3.70. The summed E-state index contributed by atoms with van der Waals surface area (Å²) < 4.78 is 11.1. The Bertz CT molecular complexity index is 942. The highest BCUT2D eigenvalue weighted by Crippen LogP contribution is 2.30. The number of ether oxygens (including phenoxy) is 2. The summed E-state index contributed by atoms with van der Waals surface area (Å²) in [5.74, 6) is 1.36. The van der Waals surface area contributed by atoms with Crippen molar-refractivity contribution in [3.63, 3.8) is 0 Å². The van der Waals surface area contributed by atoms with Gasteiger partial charge in [-0.25, -0.2) is 0 Å². The third kappa shape index (κ3) is 13.4. The molecule has 0 radical (unpaired) electrons. The lowest BCUT2D eigenvalue weighted by molar-refractivity contribution is 0.0448. The number of hydrogen-bond acceptors (Lipinski definition) is 6. The number of aromatic hydroxyl groups is 1. The van der Waals surface area contributed by atoms with Crippen molar-refractivity contribution in [2.75, 3.05) is 33.0 Å². The summed E-state index contributed by atoms with van der Waals surface area (Å²) in [4.78, 5) is 12.4. The van der Waals surface area contributed by atoms with Gasteiger partial charge in [0, 0.05) is 25.3 Å². The normalized spacial score (nSPS) is 11.6. The van der Waals surface area contributed by atoms with Gasteiger partial charge in [0.1, 0.15) is 11.4 Å². The van der Waals surface area contributed by atoms with Gasteiger partial charge in [-0.1, -0.05) is 40.2 Å². The van der Waals surface area contributed by atoms with Gasteiger partial charge < -0.3 is 19.9 Å². The van der Waals surface area contributed by atoms with Crippen LogP contribution in [-0.2, 0) is 15.9 Å². The summed E-state index contributed by atoms with van der Waals surface area (Å²) in [7, 11) is 0. The Morgan fingerprint density at radius 2 is 1.49 bits per heavy atom. The second-order valence-corrected chi connectivity index (χ2v) is 10.2. The van der Waals surface area contributed by atoms with Gasteiger partial charge in [-0.15, -0.1) is 5.11 Å². The quantitative estimate of drug-likeness (QED) is 0.161. The average molecular weight is 512 g/mol. The van der Waals surface area contributed by atoms with Crippen LogP contribution in [0.5, 0.6) is 5.75 Å². The molecule has 0 fully saturated rings. The molecule has 204 valence electrons. The first kappa shape index (κ1) is 30.5. The summed E-state index contributed by atoms with van der Waals surface area (Å²) in [6.45, 7) is 12.0. The maximum absolute atomic E-state index is 12.4. The van der Waals surface area contributed by atoms with E-state index in [0.717, 1.165) is 37.9 Å². The standard InChI is InChI=1S/C30H45N3O4/c1-23(2)8-5-10-25-11-16-29(34)28(22-25)33-32-27-14-12-26(13-15-27)30(35)31-17-7-19-37-21-20-36-18-6-9-24(3)4/h11-16,22-24,34H,5-10,17-21H2,1-4H3,(H,31,35). The number of carbonyl (C=O) groups is 1. The van der Waals surface area contributed by atoms with Crippen LogP contribution < -0.4 is 5.32 Å².